The van der Waals surface area contributed by atoms with Crippen molar-refractivity contribution in [1.82, 2.24) is 9.80 Å². The average molecular weight is 315 g/mol. The highest BCUT2D eigenvalue weighted by Gasteiger charge is 2.38. The number of carbonyl (C=O) groups is 1. The van der Waals surface area contributed by atoms with Gasteiger partial charge in [-0.1, -0.05) is 6.07 Å². The summed E-state index contributed by atoms with van der Waals surface area (Å²) in [6, 6.07) is 7.14. The fourth-order valence-electron chi connectivity index (χ4n) is 4.08. The molecule has 2 aliphatic rings. The second kappa shape index (κ2) is 6.67. The normalized spacial score (nSPS) is 24.8. The Bertz CT molecular complexity index is 640. The van der Waals surface area contributed by atoms with Crippen LogP contribution in [0.25, 0.3) is 0 Å². The van der Waals surface area contributed by atoms with Gasteiger partial charge in [0.25, 0.3) is 0 Å². The maximum absolute atomic E-state index is 13.3. The molecule has 2 heterocycles. The molecule has 0 bridgehead atoms. The molecule has 0 saturated carbocycles. The maximum Gasteiger partial charge on any atom is 0.219 e. The van der Waals surface area contributed by atoms with Gasteiger partial charge in [-0.25, -0.2) is 4.39 Å². The number of nitriles is 1. The first-order valence-electron chi connectivity index (χ1n) is 8.30. The summed E-state index contributed by atoms with van der Waals surface area (Å²) in [6.07, 6.45) is 4.30. The van der Waals surface area contributed by atoms with E-state index in [1.54, 1.807) is 13.0 Å². The van der Waals surface area contributed by atoms with E-state index in [1.807, 2.05) is 4.90 Å². The standard InChI is InChI=1S/C18H22FN3O/c1-13(23)22-9-3-5-18(22)17-4-2-8-21(17)12-14-6-7-16(19)10-15(14)11-20/h6-7,10,17-18H,2-5,8-9,12H2,1H3/t17-,18-/m0/s1. The van der Waals surface area contributed by atoms with E-state index >= 15 is 0 Å². The molecule has 0 aliphatic carbocycles. The van der Waals surface area contributed by atoms with Crippen LogP contribution in [0.5, 0.6) is 0 Å². The van der Waals surface area contributed by atoms with Gasteiger partial charge in [0.05, 0.1) is 11.6 Å². The molecule has 1 aromatic carbocycles. The second-order valence-corrected chi connectivity index (χ2v) is 6.52. The lowest BCUT2D eigenvalue weighted by atomic mass is 10.0. The summed E-state index contributed by atoms with van der Waals surface area (Å²) < 4.78 is 13.3. The third-order valence-corrected chi connectivity index (χ3v) is 5.13. The number of halogens is 1. The molecule has 2 atom stereocenters. The zero-order valence-corrected chi connectivity index (χ0v) is 13.5. The Labute approximate surface area is 136 Å². The Kier molecular flexibility index (Phi) is 4.63. The Balaban J connectivity index is 1.78. The molecule has 2 aliphatic heterocycles. The van der Waals surface area contributed by atoms with Crippen LogP contribution in [0, 0.1) is 17.1 Å². The van der Waals surface area contributed by atoms with Gasteiger partial charge in [0.1, 0.15) is 5.82 Å². The molecule has 23 heavy (non-hydrogen) atoms. The maximum atomic E-state index is 13.3. The number of hydrogen-bond acceptors (Lipinski definition) is 3. The summed E-state index contributed by atoms with van der Waals surface area (Å²) in [5.74, 6) is -0.222. The van der Waals surface area contributed by atoms with Crippen LogP contribution in [0.2, 0.25) is 0 Å². The number of amides is 1. The SMILES string of the molecule is CC(=O)N1CCC[C@H]1[C@@H]1CCCN1Cc1ccc(F)cc1C#N. The molecule has 122 valence electrons. The van der Waals surface area contributed by atoms with Crippen molar-refractivity contribution in [3.05, 3.63) is 35.1 Å². The minimum absolute atomic E-state index is 0.152. The summed E-state index contributed by atoms with van der Waals surface area (Å²) in [7, 11) is 0. The van der Waals surface area contributed by atoms with E-state index in [-0.39, 0.29) is 17.8 Å². The highest BCUT2D eigenvalue weighted by Crippen LogP contribution is 2.31. The highest BCUT2D eigenvalue weighted by molar-refractivity contribution is 5.74. The van der Waals surface area contributed by atoms with E-state index in [1.165, 1.54) is 12.1 Å². The molecule has 1 amide bonds. The van der Waals surface area contributed by atoms with Crippen molar-refractivity contribution < 1.29 is 9.18 Å². The molecule has 2 fully saturated rings. The number of rotatable bonds is 3. The molecule has 4 nitrogen and oxygen atoms in total. The number of likely N-dealkylation sites (tertiary alicyclic amines) is 2. The van der Waals surface area contributed by atoms with Crippen LogP contribution < -0.4 is 0 Å². The fourth-order valence-corrected chi connectivity index (χ4v) is 4.08. The minimum Gasteiger partial charge on any atom is -0.338 e. The van der Waals surface area contributed by atoms with Gasteiger partial charge in [0, 0.05) is 32.1 Å². The number of carbonyl (C=O) groups excluding carboxylic acids is 1. The average Bonchev–Trinajstić information content (AvgIpc) is 3.17. The molecule has 5 heteroatoms. The van der Waals surface area contributed by atoms with Crippen LogP contribution in [-0.4, -0.2) is 40.9 Å². The van der Waals surface area contributed by atoms with E-state index in [4.69, 9.17) is 0 Å². The van der Waals surface area contributed by atoms with E-state index < -0.39 is 0 Å². The molecular formula is C18H22FN3O. The number of nitrogens with zero attached hydrogens (tertiary/aromatic N) is 3. The lowest BCUT2D eigenvalue weighted by Gasteiger charge is -2.34. The molecule has 2 saturated heterocycles. The van der Waals surface area contributed by atoms with Gasteiger partial charge in [0.15, 0.2) is 0 Å². The van der Waals surface area contributed by atoms with Crippen molar-refractivity contribution in [2.45, 2.75) is 51.2 Å². The first-order chi connectivity index (χ1) is 11.1. The van der Waals surface area contributed by atoms with Crippen LogP contribution in [-0.2, 0) is 11.3 Å². The zero-order chi connectivity index (χ0) is 16.4. The Morgan fingerprint density at radius 2 is 2.04 bits per heavy atom. The van der Waals surface area contributed by atoms with Crippen LogP contribution in [0.3, 0.4) is 0 Å². The predicted molar refractivity (Wildman–Crippen MR) is 85.0 cm³/mol. The molecule has 0 aromatic heterocycles. The topological polar surface area (TPSA) is 47.3 Å². The predicted octanol–water partition coefficient (Wildman–Crippen LogP) is 2.67. The van der Waals surface area contributed by atoms with E-state index in [2.05, 4.69) is 11.0 Å². The smallest absolute Gasteiger partial charge is 0.219 e. The van der Waals surface area contributed by atoms with Gasteiger partial charge in [-0.2, -0.15) is 5.26 Å². The lowest BCUT2D eigenvalue weighted by molar-refractivity contribution is -0.130. The van der Waals surface area contributed by atoms with Crippen molar-refractivity contribution in [2.75, 3.05) is 13.1 Å². The summed E-state index contributed by atoms with van der Waals surface area (Å²) in [5.41, 5.74) is 1.28. The Morgan fingerprint density at radius 1 is 1.30 bits per heavy atom. The molecule has 0 spiro atoms. The van der Waals surface area contributed by atoms with Gasteiger partial charge in [0.2, 0.25) is 5.91 Å². The molecule has 0 unspecified atom stereocenters. The van der Waals surface area contributed by atoms with Crippen molar-refractivity contribution in [3.8, 4) is 6.07 Å². The summed E-state index contributed by atoms with van der Waals surface area (Å²) >= 11 is 0. The zero-order valence-electron chi connectivity index (χ0n) is 13.5. The van der Waals surface area contributed by atoms with Crippen LogP contribution in [0.1, 0.15) is 43.7 Å². The second-order valence-electron chi connectivity index (χ2n) is 6.52. The van der Waals surface area contributed by atoms with Gasteiger partial charge < -0.3 is 4.90 Å². The summed E-state index contributed by atoms with van der Waals surface area (Å²) in [4.78, 5) is 16.2. The molecule has 3 rings (SSSR count). The Hall–Kier alpha value is -1.93. The van der Waals surface area contributed by atoms with Crippen molar-refractivity contribution >= 4 is 5.91 Å². The van der Waals surface area contributed by atoms with Gasteiger partial charge in [-0.15, -0.1) is 0 Å². The summed E-state index contributed by atoms with van der Waals surface area (Å²) in [5, 5.41) is 9.22. The van der Waals surface area contributed by atoms with Crippen LogP contribution >= 0.6 is 0 Å². The highest BCUT2D eigenvalue weighted by atomic mass is 19.1. The van der Waals surface area contributed by atoms with E-state index in [0.717, 1.165) is 44.3 Å². The number of benzene rings is 1. The molecule has 0 N–H and O–H groups in total. The number of hydrogen-bond donors (Lipinski definition) is 0. The minimum atomic E-state index is -0.373. The van der Waals surface area contributed by atoms with E-state index in [9.17, 15) is 14.4 Å². The summed E-state index contributed by atoms with van der Waals surface area (Å²) in [6.45, 7) is 4.11. The Morgan fingerprint density at radius 3 is 2.78 bits per heavy atom. The van der Waals surface area contributed by atoms with Crippen LogP contribution in [0.4, 0.5) is 4.39 Å². The van der Waals surface area contributed by atoms with Crippen molar-refractivity contribution in [2.24, 2.45) is 0 Å². The quantitative estimate of drug-likeness (QED) is 0.861. The van der Waals surface area contributed by atoms with E-state index in [0.29, 0.717) is 18.2 Å². The van der Waals surface area contributed by atoms with Gasteiger partial charge >= 0.3 is 0 Å². The van der Waals surface area contributed by atoms with Gasteiger partial charge in [-0.3, -0.25) is 9.69 Å². The third kappa shape index (κ3) is 3.23. The van der Waals surface area contributed by atoms with Crippen molar-refractivity contribution in [1.29, 1.82) is 5.26 Å². The van der Waals surface area contributed by atoms with Gasteiger partial charge in [-0.05, 0) is 49.9 Å². The fraction of sp³-hybridized carbons (Fsp3) is 0.556. The first kappa shape index (κ1) is 15.9. The molecule has 1 aromatic rings. The largest absolute Gasteiger partial charge is 0.338 e. The third-order valence-electron chi connectivity index (χ3n) is 5.13. The monoisotopic (exact) mass is 315 g/mol. The lowest BCUT2D eigenvalue weighted by Crippen LogP contribution is -2.47. The molecular weight excluding hydrogens is 293 g/mol. The molecule has 0 radical (unpaired) electrons. The first-order valence-corrected chi connectivity index (χ1v) is 8.30. The van der Waals surface area contributed by atoms with Crippen LogP contribution in [0.15, 0.2) is 18.2 Å². The van der Waals surface area contributed by atoms with Crippen molar-refractivity contribution in [3.63, 3.8) is 0 Å².